The Bertz CT molecular complexity index is 1740. The second-order valence-corrected chi connectivity index (χ2v) is 10.4. The van der Waals surface area contributed by atoms with Gasteiger partial charge < -0.3 is 9.47 Å². The first kappa shape index (κ1) is 28.8. The number of fused-ring (bicyclic) bond motifs is 1. The van der Waals surface area contributed by atoms with Crippen molar-refractivity contribution in [3.63, 3.8) is 0 Å². The molecule has 0 bridgehead atoms. The van der Waals surface area contributed by atoms with Gasteiger partial charge in [-0.3, -0.25) is 4.79 Å². The molecule has 210 valence electrons. The SMILES string of the molecule is C=CCc1cc(/C=N/NC(=O)c2cc(-c3ccccc3)nc3ccccc23)cc(OCC)c1OCc1ccc(Br)cc1. The zero-order valence-electron chi connectivity index (χ0n) is 23.2. The van der Waals surface area contributed by atoms with E-state index in [0.717, 1.165) is 43.3 Å². The third kappa shape index (κ3) is 6.93. The van der Waals surface area contributed by atoms with E-state index >= 15 is 0 Å². The summed E-state index contributed by atoms with van der Waals surface area (Å²) in [6.07, 6.45) is 4.00. The summed E-state index contributed by atoms with van der Waals surface area (Å²) in [4.78, 5) is 18.1. The molecule has 1 amide bonds. The van der Waals surface area contributed by atoms with E-state index in [1.807, 2.05) is 104 Å². The highest BCUT2D eigenvalue weighted by atomic mass is 79.9. The molecule has 0 aliphatic carbocycles. The molecule has 4 aromatic carbocycles. The normalized spacial score (nSPS) is 11.0. The van der Waals surface area contributed by atoms with E-state index in [0.29, 0.717) is 36.7 Å². The first-order chi connectivity index (χ1) is 20.6. The third-order valence-corrected chi connectivity index (χ3v) is 7.05. The van der Waals surface area contributed by atoms with Crippen LogP contribution in [-0.2, 0) is 13.0 Å². The Hall–Kier alpha value is -4.75. The Labute approximate surface area is 253 Å². The quantitative estimate of drug-likeness (QED) is 0.0920. The molecule has 7 heteroatoms. The number of nitrogens with one attached hydrogen (secondary N) is 1. The lowest BCUT2D eigenvalue weighted by Crippen LogP contribution is -2.18. The van der Waals surface area contributed by atoms with Crippen LogP contribution in [0.3, 0.4) is 0 Å². The van der Waals surface area contributed by atoms with Crippen LogP contribution in [0.1, 0.15) is 34.0 Å². The molecule has 42 heavy (non-hydrogen) atoms. The maximum atomic E-state index is 13.4. The largest absolute Gasteiger partial charge is 0.490 e. The Kier molecular flexibility index (Phi) is 9.41. The second kappa shape index (κ2) is 13.7. The lowest BCUT2D eigenvalue weighted by Gasteiger charge is -2.17. The molecule has 0 unspecified atom stereocenters. The van der Waals surface area contributed by atoms with Crippen LogP contribution in [0.15, 0.2) is 119 Å². The zero-order valence-corrected chi connectivity index (χ0v) is 24.8. The van der Waals surface area contributed by atoms with Gasteiger partial charge in [0.2, 0.25) is 0 Å². The number of pyridine rings is 1. The van der Waals surface area contributed by atoms with Crippen LogP contribution in [0.4, 0.5) is 0 Å². The summed E-state index contributed by atoms with van der Waals surface area (Å²) >= 11 is 3.47. The standard InChI is InChI=1S/C35H30BrN3O3/c1-3-10-27-19-25(20-33(41-4-2)34(27)42-23-24-15-17-28(36)18-16-24)22-37-39-35(40)30-21-32(26-11-6-5-7-12-26)38-31-14-9-8-13-29(30)31/h3,5-9,11-22H,1,4,10,23H2,2H3,(H,39,40)/b37-22+. The zero-order chi connectivity index (χ0) is 29.3. The minimum Gasteiger partial charge on any atom is -0.490 e. The minimum atomic E-state index is -0.326. The number of halogens is 1. The van der Waals surface area contributed by atoms with Crippen LogP contribution in [0.2, 0.25) is 0 Å². The van der Waals surface area contributed by atoms with Gasteiger partial charge >= 0.3 is 0 Å². The summed E-state index contributed by atoms with van der Waals surface area (Å²) in [6.45, 7) is 6.70. The van der Waals surface area contributed by atoms with Crippen molar-refractivity contribution in [2.75, 3.05) is 6.61 Å². The van der Waals surface area contributed by atoms with Gasteiger partial charge in [0.25, 0.3) is 5.91 Å². The van der Waals surface area contributed by atoms with E-state index in [9.17, 15) is 4.79 Å². The summed E-state index contributed by atoms with van der Waals surface area (Å²) < 4.78 is 13.2. The van der Waals surface area contributed by atoms with Gasteiger partial charge in [-0.25, -0.2) is 10.4 Å². The summed E-state index contributed by atoms with van der Waals surface area (Å²) in [5, 5.41) is 5.04. The van der Waals surface area contributed by atoms with Crippen molar-refractivity contribution in [3.8, 4) is 22.8 Å². The number of rotatable bonds is 11. The lowest BCUT2D eigenvalue weighted by atomic mass is 10.0. The van der Waals surface area contributed by atoms with Crippen molar-refractivity contribution in [3.05, 3.63) is 136 Å². The van der Waals surface area contributed by atoms with E-state index in [4.69, 9.17) is 14.5 Å². The van der Waals surface area contributed by atoms with Crippen molar-refractivity contribution in [1.29, 1.82) is 0 Å². The maximum absolute atomic E-state index is 13.4. The number of hydrogen-bond donors (Lipinski definition) is 1. The molecule has 0 fully saturated rings. The number of ether oxygens (including phenoxy) is 2. The van der Waals surface area contributed by atoms with Crippen LogP contribution >= 0.6 is 15.9 Å². The van der Waals surface area contributed by atoms with Crippen LogP contribution in [0, 0.1) is 0 Å². The maximum Gasteiger partial charge on any atom is 0.272 e. The van der Waals surface area contributed by atoms with Crippen molar-refractivity contribution < 1.29 is 14.3 Å². The van der Waals surface area contributed by atoms with Crippen molar-refractivity contribution >= 4 is 39.0 Å². The summed E-state index contributed by atoms with van der Waals surface area (Å²) in [6, 6.07) is 31.0. The van der Waals surface area contributed by atoms with E-state index in [1.165, 1.54) is 0 Å². The van der Waals surface area contributed by atoms with Gasteiger partial charge in [-0.15, -0.1) is 6.58 Å². The molecule has 5 rings (SSSR count). The molecule has 0 aliphatic heterocycles. The highest BCUT2D eigenvalue weighted by Gasteiger charge is 2.15. The number of benzene rings is 4. The number of allylic oxidation sites excluding steroid dienone is 1. The van der Waals surface area contributed by atoms with Gasteiger partial charge in [-0.1, -0.05) is 82.7 Å². The lowest BCUT2D eigenvalue weighted by molar-refractivity contribution is 0.0956. The van der Waals surface area contributed by atoms with Gasteiger partial charge in [0.05, 0.1) is 29.6 Å². The van der Waals surface area contributed by atoms with Crippen LogP contribution in [0.5, 0.6) is 11.5 Å². The Morgan fingerprint density at radius 3 is 2.50 bits per heavy atom. The first-order valence-corrected chi connectivity index (χ1v) is 14.4. The van der Waals surface area contributed by atoms with Gasteiger partial charge in [-0.05, 0) is 60.9 Å². The van der Waals surface area contributed by atoms with Gasteiger partial charge in [0.15, 0.2) is 11.5 Å². The molecule has 0 saturated heterocycles. The summed E-state index contributed by atoms with van der Waals surface area (Å²) in [5.41, 5.74) is 8.29. The molecule has 1 N–H and O–H groups in total. The number of hydrogen-bond acceptors (Lipinski definition) is 5. The van der Waals surface area contributed by atoms with E-state index in [1.54, 1.807) is 12.3 Å². The van der Waals surface area contributed by atoms with Crippen LogP contribution < -0.4 is 14.9 Å². The van der Waals surface area contributed by atoms with Crippen molar-refractivity contribution in [2.24, 2.45) is 5.10 Å². The van der Waals surface area contributed by atoms with E-state index in [2.05, 4.69) is 33.0 Å². The molecule has 0 atom stereocenters. The molecule has 0 aliphatic rings. The second-order valence-electron chi connectivity index (χ2n) is 9.49. The number of amides is 1. The molecule has 5 aromatic rings. The molecule has 6 nitrogen and oxygen atoms in total. The topological polar surface area (TPSA) is 72.8 Å². The number of carbonyl (C=O) groups is 1. The van der Waals surface area contributed by atoms with E-state index in [-0.39, 0.29) is 5.91 Å². The van der Waals surface area contributed by atoms with Crippen LogP contribution in [-0.4, -0.2) is 23.7 Å². The summed E-state index contributed by atoms with van der Waals surface area (Å²) in [7, 11) is 0. The average Bonchev–Trinajstić information content (AvgIpc) is 3.01. The summed E-state index contributed by atoms with van der Waals surface area (Å²) in [5.74, 6) is 0.944. The first-order valence-electron chi connectivity index (χ1n) is 13.6. The predicted octanol–water partition coefficient (Wildman–Crippen LogP) is 8.13. The highest BCUT2D eigenvalue weighted by Crippen LogP contribution is 2.34. The fraction of sp³-hybridized carbons (Fsp3) is 0.114. The fourth-order valence-electron chi connectivity index (χ4n) is 4.57. The number of nitrogens with zero attached hydrogens (tertiary/aromatic N) is 2. The molecule has 0 spiro atoms. The van der Waals surface area contributed by atoms with Crippen molar-refractivity contribution in [1.82, 2.24) is 10.4 Å². The highest BCUT2D eigenvalue weighted by molar-refractivity contribution is 9.10. The van der Waals surface area contributed by atoms with Gasteiger partial charge in [0.1, 0.15) is 6.61 Å². The average molecular weight is 621 g/mol. The predicted molar refractivity (Wildman–Crippen MR) is 172 cm³/mol. The number of aromatic nitrogens is 1. The van der Waals surface area contributed by atoms with E-state index < -0.39 is 0 Å². The number of para-hydroxylation sites is 1. The molecule has 1 heterocycles. The molecule has 1 aromatic heterocycles. The number of hydrazone groups is 1. The monoisotopic (exact) mass is 619 g/mol. The Morgan fingerprint density at radius 1 is 0.976 bits per heavy atom. The smallest absolute Gasteiger partial charge is 0.272 e. The fourth-order valence-corrected chi connectivity index (χ4v) is 4.84. The molecule has 0 radical (unpaired) electrons. The van der Waals surface area contributed by atoms with Crippen molar-refractivity contribution in [2.45, 2.75) is 20.0 Å². The minimum absolute atomic E-state index is 0.326. The molecule has 0 saturated carbocycles. The molecular formula is C35H30BrN3O3. The van der Waals surface area contributed by atoms with Crippen LogP contribution in [0.25, 0.3) is 22.2 Å². The van der Waals surface area contributed by atoms with Gasteiger partial charge in [-0.2, -0.15) is 5.10 Å². The van der Waals surface area contributed by atoms with Gasteiger partial charge in [0, 0.05) is 21.0 Å². The number of carbonyl (C=O) groups excluding carboxylic acids is 1. The Balaban J connectivity index is 1.40. The third-order valence-electron chi connectivity index (χ3n) is 6.52. The molecular weight excluding hydrogens is 590 g/mol. The Morgan fingerprint density at radius 2 is 1.74 bits per heavy atom.